The van der Waals surface area contributed by atoms with E-state index in [0.717, 1.165) is 0 Å². The van der Waals surface area contributed by atoms with Gasteiger partial charge >= 0.3 is 5.97 Å². The highest BCUT2D eigenvalue weighted by Gasteiger charge is 2.14. The fourth-order valence-electron chi connectivity index (χ4n) is 2.29. The van der Waals surface area contributed by atoms with Crippen LogP contribution in [0.15, 0.2) is 47.9 Å². The molecule has 0 atom stereocenters. The first-order chi connectivity index (χ1) is 10.6. The van der Waals surface area contributed by atoms with Gasteiger partial charge in [0.05, 0.1) is 11.9 Å². The molecule has 4 N–H and O–H groups in total. The summed E-state index contributed by atoms with van der Waals surface area (Å²) in [6, 6.07) is 8.23. The first-order valence-corrected chi connectivity index (χ1v) is 6.38. The van der Waals surface area contributed by atoms with Gasteiger partial charge in [0.25, 0.3) is 0 Å². The Hall–Kier alpha value is -3.35. The molecule has 2 heterocycles. The van der Waals surface area contributed by atoms with E-state index in [-0.39, 0.29) is 5.56 Å². The number of aromatic nitrogens is 2. The monoisotopic (exact) mass is 296 g/mol. The molecule has 3 aromatic rings. The molecule has 0 bridgehead atoms. The highest BCUT2D eigenvalue weighted by atomic mass is 16.4. The Bertz CT molecular complexity index is 899. The Morgan fingerprint density at radius 2 is 2.18 bits per heavy atom. The summed E-state index contributed by atoms with van der Waals surface area (Å²) in [4.78, 5) is 15.6. The summed E-state index contributed by atoms with van der Waals surface area (Å²) in [5.74, 6) is -1.04. The Kier molecular flexibility index (Phi) is 3.23. The molecule has 1 aromatic carbocycles. The van der Waals surface area contributed by atoms with Gasteiger partial charge in [0.1, 0.15) is 5.56 Å². The maximum atomic E-state index is 11.3. The number of hydrogen-bond acceptors (Lipinski definition) is 5. The van der Waals surface area contributed by atoms with Crippen LogP contribution in [-0.2, 0) is 0 Å². The number of hydrogen-bond donors (Lipinski definition) is 3. The molecule has 110 valence electrons. The fraction of sp³-hybridized carbons (Fsp3) is 0. The van der Waals surface area contributed by atoms with Gasteiger partial charge in [-0.25, -0.2) is 9.78 Å². The van der Waals surface area contributed by atoms with Crippen LogP contribution in [0.1, 0.15) is 15.9 Å². The van der Waals surface area contributed by atoms with E-state index in [1.165, 1.54) is 12.3 Å². The molecule has 0 unspecified atom stereocenters. The molecular weight excluding hydrogens is 284 g/mol. The van der Waals surface area contributed by atoms with Crippen LogP contribution >= 0.6 is 0 Å². The number of nitrogens with zero attached hydrogens (tertiary/aromatic N) is 3. The van der Waals surface area contributed by atoms with Crippen molar-refractivity contribution >= 4 is 23.5 Å². The standard InChI is InChI=1S/C15H12N4O3/c16-10-3-4-11(9(6-10)7-17-22)13-8-19-5-1-2-12(15(20)21)14(19)18-13/h1-8,22H,16H2,(H,20,21)/b17-7-. The third kappa shape index (κ3) is 2.24. The van der Waals surface area contributed by atoms with Crippen molar-refractivity contribution in [2.75, 3.05) is 5.73 Å². The average Bonchev–Trinajstić information content (AvgIpc) is 2.91. The highest BCUT2D eigenvalue weighted by molar-refractivity contribution is 5.95. The van der Waals surface area contributed by atoms with E-state index < -0.39 is 5.97 Å². The second-order valence-electron chi connectivity index (χ2n) is 4.68. The Balaban J connectivity index is 2.23. The predicted molar refractivity (Wildman–Crippen MR) is 81.4 cm³/mol. The van der Waals surface area contributed by atoms with Crippen LogP contribution < -0.4 is 5.73 Å². The number of rotatable bonds is 3. The lowest BCUT2D eigenvalue weighted by molar-refractivity contribution is 0.0698. The van der Waals surface area contributed by atoms with Crippen LogP contribution in [0, 0.1) is 0 Å². The number of carbonyl (C=O) groups is 1. The van der Waals surface area contributed by atoms with Crippen molar-refractivity contribution in [1.82, 2.24) is 9.38 Å². The number of anilines is 1. The molecule has 7 heteroatoms. The normalized spacial score (nSPS) is 11.3. The van der Waals surface area contributed by atoms with Crippen LogP contribution in [0.5, 0.6) is 0 Å². The minimum Gasteiger partial charge on any atom is -0.478 e. The molecule has 2 aromatic heterocycles. The zero-order valence-corrected chi connectivity index (χ0v) is 11.3. The van der Waals surface area contributed by atoms with Crippen LogP contribution in [0.4, 0.5) is 5.69 Å². The lowest BCUT2D eigenvalue weighted by atomic mass is 10.1. The Labute approximate surface area is 124 Å². The zero-order valence-electron chi connectivity index (χ0n) is 11.3. The van der Waals surface area contributed by atoms with Crippen LogP contribution in [0.3, 0.4) is 0 Å². The minimum absolute atomic E-state index is 0.113. The van der Waals surface area contributed by atoms with Gasteiger partial charge < -0.3 is 20.4 Å². The number of aromatic carboxylic acids is 1. The molecule has 0 aliphatic heterocycles. The molecule has 0 spiro atoms. The predicted octanol–water partition coefficient (Wildman–Crippen LogP) is 2.09. The van der Waals surface area contributed by atoms with Crippen LogP contribution in [0.25, 0.3) is 16.9 Å². The number of fused-ring (bicyclic) bond motifs is 1. The first kappa shape index (κ1) is 13.6. The number of pyridine rings is 1. The fourth-order valence-corrected chi connectivity index (χ4v) is 2.29. The second kappa shape index (κ2) is 5.21. The highest BCUT2D eigenvalue weighted by Crippen LogP contribution is 2.25. The van der Waals surface area contributed by atoms with Crippen LogP contribution in [-0.4, -0.2) is 31.9 Å². The maximum absolute atomic E-state index is 11.3. The first-order valence-electron chi connectivity index (χ1n) is 6.38. The maximum Gasteiger partial charge on any atom is 0.339 e. The molecular formula is C15H12N4O3. The second-order valence-corrected chi connectivity index (χ2v) is 4.68. The summed E-state index contributed by atoms with van der Waals surface area (Å²) < 4.78 is 1.63. The van der Waals surface area contributed by atoms with E-state index in [1.807, 2.05) is 0 Å². The van der Waals surface area contributed by atoms with E-state index in [0.29, 0.717) is 28.2 Å². The van der Waals surface area contributed by atoms with E-state index in [1.54, 1.807) is 41.1 Å². The summed E-state index contributed by atoms with van der Waals surface area (Å²) >= 11 is 0. The van der Waals surface area contributed by atoms with Gasteiger partial charge in [-0.05, 0) is 24.3 Å². The number of carboxylic acids is 1. The minimum atomic E-state index is -1.04. The quantitative estimate of drug-likeness (QED) is 0.296. The average molecular weight is 296 g/mol. The topological polar surface area (TPSA) is 113 Å². The number of nitrogen functional groups attached to an aromatic ring is 1. The molecule has 7 nitrogen and oxygen atoms in total. The van der Waals surface area contributed by atoms with Crippen molar-refractivity contribution in [1.29, 1.82) is 0 Å². The summed E-state index contributed by atoms with van der Waals surface area (Å²) in [7, 11) is 0. The third-order valence-corrected chi connectivity index (χ3v) is 3.26. The molecule has 22 heavy (non-hydrogen) atoms. The van der Waals surface area contributed by atoms with Crippen molar-refractivity contribution in [3.8, 4) is 11.3 Å². The Morgan fingerprint density at radius 1 is 1.36 bits per heavy atom. The summed E-state index contributed by atoms with van der Waals surface area (Å²) in [5.41, 5.74) is 8.54. The summed E-state index contributed by atoms with van der Waals surface area (Å²) in [6.07, 6.45) is 4.69. The van der Waals surface area contributed by atoms with Crippen molar-refractivity contribution in [2.45, 2.75) is 0 Å². The van der Waals surface area contributed by atoms with Crippen LogP contribution in [0.2, 0.25) is 0 Å². The van der Waals surface area contributed by atoms with E-state index in [2.05, 4.69) is 10.1 Å². The van der Waals surface area contributed by atoms with E-state index in [9.17, 15) is 9.90 Å². The number of benzene rings is 1. The molecule has 0 radical (unpaired) electrons. The van der Waals surface area contributed by atoms with Gasteiger partial charge in [-0.15, -0.1) is 0 Å². The largest absolute Gasteiger partial charge is 0.478 e. The number of carboxylic acid groups (broad SMARTS) is 1. The van der Waals surface area contributed by atoms with Crippen molar-refractivity contribution in [3.63, 3.8) is 0 Å². The molecule has 0 aliphatic carbocycles. The third-order valence-electron chi connectivity index (χ3n) is 3.26. The van der Waals surface area contributed by atoms with Gasteiger partial charge in [0.2, 0.25) is 0 Å². The molecule has 0 aliphatic rings. The zero-order chi connectivity index (χ0) is 15.7. The van der Waals surface area contributed by atoms with Gasteiger partial charge in [-0.2, -0.15) is 0 Å². The van der Waals surface area contributed by atoms with Crippen molar-refractivity contribution in [2.24, 2.45) is 5.16 Å². The smallest absolute Gasteiger partial charge is 0.339 e. The molecule has 0 fully saturated rings. The van der Waals surface area contributed by atoms with Crippen molar-refractivity contribution in [3.05, 3.63) is 53.9 Å². The van der Waals surface area contributed by atoms with E-state index in [4.69, 9.17) is 10.9 Å². The SMILES string of the molecule is Nc1ccc(-c2cn3cccc(C(=O)O)c3n2)c(/C=N\O)c1. The summed E-state index contributed by atoms with van der Waals surface area (Å²) in [6.45, 7) is 0. The Morgan fingerprint density at radius 3 is 2.91 bits per heavy atom. The molecule has 0 saturated carbocycles. The van der Waals surface area contributed by atoms with Crippen molar-refractivity contribution < 1.29 is 15.1 Å². The lowest BCUT2D eigenvalue weighted by Gasteiger charge is -2.03. The number of nitrogens with two attached hydrogens (primary N) is 1. The van der Waals surface area contributed by atoms with E-state index >= 15 is 0 Å². The lowest BCUT2D eigenvalue weighted by Crippen LogP contribution is -1.99. The number of oxime groups is 1. The molecule has 3 rings (SSSR count). The van der Waals surface area contributed by atoms with Gasteiger partial charge in [0, 0.05) is 29.2 Å². The summed E-state index contributed by atoms with van der Waals surface area (Å²) in [5, 5.41) is 21.0. The molecule has 0 amide bonds. The van der Waals surface area contributed by atoms with Gasteiger partial charge in [0.15, 0.2) is 5.65 Å². The van der Waals surface area contributed by atoms with Gasteiger partial charge in [-0.1, -0.05) is 11.2 Å². The molecule has 0 saturated heterocycles. The van der Waals surface area contributed by atoms with Gasteiger partial charge in [-0.3, -0.25) is 0 Å². The number of imidazole rings is 1.